The van der Waals surface area contributed by atoms with E-state index >= 15 is 0 Å². The highest BCUT2D eigenvalue weighted by atomic mass is 15.3. The van der Waals surface area contributed by atoms with E-state index in [9.17, 15) is 0 Å². The van der Waals surface area contributed by atoms with Gasteiger partial charge in [-0.2, -0.15) is 5.10 Å². The quantitative estimate of drug-likeness (QED) is 0.745. The number of anilines is 1. The van der Waals surface area contributed by atoms with Crippen LogP contribution < -0.4 is 10.2 Å². The first-order chi connectivity index (χ1) is 7.40. The van der Waals surface area contributed by atoms with Gasteiger partial charge in [0.1, 0.15) is 0 Å². The average molecular weight is 204 g/mol. The van der Waals surface area contributed by atoms with Gasteiger partial charge < -0.3 is 10.2 Å². The molecule has 0 saturated carbocycles. The lowest BCUT2D eigenvalue weighted by molar-refractivity contribution is 0.747. The Morgan fingerprint density at radius 2 is 2.27 bits per heavy atom. The smallest absolute Gasteiger partial charge is 0.151 e. The molecule has 0 bridgehead atoms. The normalized spacial score (nSPS) is 15.7. The molecule has 2 heterocycles. The predicted octanol–water partition coefficient (Wildman–Crippen LogP) is 0.962. The van der Waals surface area contributed by atoms with E-state index in [0.29, 0.717) is 0 Å². The first-order valence-corrected chi connectivity index (χ1v) is 5.27. The van der Waals surface area contributed by atoms with Gasteiger partial charge in [0.25, 0.3) is 0 Å². The van der Waals surface area contributed by atoms with Crippen molar-refractivity contribution >= 4 is 5.82 Å². The van der Waals surface area contributed by atoms with Crippen molar-refractivity contribution in [1.29, 1.82) is 0 Å². The van der Waals surface area contributed by atoms with Crippen LogP contribution in [0.25, 0.3) is 0 Å². The summed E-state index contributed by atoms with van der Waals surface area (Å²) < 4.78 is 0. The number of nitrogens with zero attached hydrogens (tertiary/aromatic N) is 3. The molecular formula is C11H16N4. The third-order valence-electron chi connectivity index (χ3n) is 2.45. The van der Waals surface area contributed by atoms with Crippen molar-refractivity contribution in [3.8, 4) is 0 Å². The number of aromatic nitrogens is 2. The zero-order valence-corrected chi connectivity index (χ0v) is 8.98. The van der Waals surface area contributed by atoms with E-state index in [1.807, 2.05) is 19.2 Å². The van der Waals surface area contributed by atoms with E-state index < -0.39 is 0 Å². The summed E-state index contributed by atoms with van der Waals surface area (Å²) in [5.41, 5.74) is 0.980. The first kappa shape index (κ1) is 10.1. The molecule has 1 aromatic rings. The minimum Gasteiger partial charge on any atom is -0.351 e. The van der Waals surface area contributed by atoms with Gasteiger partial charge >= 0.3 is 0 Å². The molecule has 0 aromatic carbocycles. The van der Waals surface area contributed by atoms with Gasteiger partial charge in [-0.1, -0.05) is 12.2 Å². The molecule has 4 nitrogen and oxygen atoms in total. The van der Waals surface area contributed by atoms with Crippen LogP contribution in [0.3, 0.4) is 0 Å². The van der Waals surface area contributed by atoms with Gasteiger partial charge in [-0.05, 0) is 25.6 Å². The second-order valence-electron chi connectivity index (χ2n) is 3.62. The van der Waals surface area contributed by atoms with Crippen molar-refractivity contribution in [1.82, 2.24) is 15.5 Å². The molecule has 1 aliphatic heterocycles. The maximum Gasteiger partial charge on any atom is 0.151 e. The lowest BCUT2D eigenvalue weighted by Crippen LogP contribution is -2.27. The largest absolute Gasteiger partial charge is 0.351 e. The minimum atomic E-state index is 0.771. The second-order valence-corrected chi connectivity index (χ2v) is 3.62. The van der Waals surface area contributed by atoms with Crippen molar-refractivity contribution in [3.05, 3.63) is 30.0 Å². The summed E-state index contributed by atoms with van der Waals surface area (Å²) in [4.78, 5) is 2.23. The Kier molecular flexibility index (Phi) is 3.29. The zero-order chi connectivity index (χ0) is 10.5. The summed E-state index contributed by atoms with van der Waals surface area (Å²) in [7, 11) is 1.91. The van der Waals surface area contributed by atoms with Crippen LogP contribution in [0, 0.1) is 0 Å². The maximum absolute atomic E-state index is 4.22. The molecular weight excluding hydrogens is 188 g/mol. The fourth-order valence-corrected chi connectivity index (χ4v) is 1.65. The molecule has 0 unspecified atom stereocenters. The first-order valence-electron chi connectivity index (χ1n) is 5.27. The molecule has 2 rings (SSSR count). The number of nitrogens with one attached hydrogen (secondary N) is 1. The van der Waals surface area contributed by atoms with E-state index in [1.165, 1.54) is 0 Å². The third kappa shape index (κ3) is 2.53. The fraction of sp³-hybridized carbons (Fsp3) is 0.455. The Bertz CT molecular complexity index is 331. The van der Waals surface area contributed by atoms with Gasteiger partial charge in [-0.25, -0.2) is 0 Å². The average Bonchev–Trinajstić information content (AvgIpc) is 2.32. The fourth-order valence-electron chi connectivity index (χ4n) is 1.65. The molecule has 4 heteroatoms. The highest BCUT2D eigenvalue weighted by Gasteiger charge is 2.08. The van der Waals surface area contributed by atoms with Crippen LogP contribution >= 0.6 is 0 Å². The summed E-state index contributed by atoms with van der Waals surface area (Å²) >= 11 is 0. The number of hydrogen-bond donors (Lipinski definition) is 1. The topological polar surface area (TPSA) is 41.0 Å². The number of rotatable bonds is 3. The molecule has 0 radical (unpaired) electrons. The molecule has 80 valence electrons. The summed E-state index contributed by atoms with van der Waals surface area (Å²) in [5.74, 6) is 0.971. The Morgan fingerprint density at radius 3 is 2.87 bits per heavy atom. The highest BCUT2D eigenvalue weighted by Crippen LogP contribution is 2.12. The standard InChI is InChI=1S/C11H16N4/c1-12-9-10-5-6-11(14-13-10)15-7-3-2-4-8-15/h2-3,5-6,12H,4,7-9H2,1H3. The highest BCUT2D eigenvalue weighted by molar-refractivity contribution is 5.39. The van der Waals surface area contributed by atoms with Crippen LogP contribution in [0.5, 0.6) is 0 Å². The van der Waals surface area contributed by atoms with E-state index in [2.05, 4.69) is 32.6 Å². The zero-order valence-electron chi connectivity index (χ0n) is 8.98. The maximum atomic E-state index is 4.22. The summed E-state index contributed by atoms with van der Waals surface area (Å²) in [6, 6.07) is 4.07. The molecule has 1 aromatic heterocycles. The SMILES string of the molecule is CNCc1ccc(N2CC=CCC2)nn1. The van der Waals surface area contributed by atoms with Crippen molar-refractivity contribution in [2.45, 2.75) is 13.0 Å². The summed E-state index contributed by atoms with van der Waals surface area (Å²) in [5, 5.41) is 11.4. The van der Waals surface area contributed by atoms with Crippen LogP contribution in [0.4, 0.5) is 5.82 Å². The molecule has 0 amide bonds. The Hall–Kier alpha value is -1.42. The van der Waals surface area contributed by atoms with Crippen LogP contribution in [-0.4, -0.2) is 30.3 Å². The van der Waals surface area contributed by atoms with Gasteiger partial charge in [-0.3, -0.25) is 0 Å². The molecule has 1 N–H and O–H groups in total. The molecule has 1 aliphatic rings. The molecule has 0 fully saturated rings. The lowest BCUT2D eigenvalue weighted by atomic mass is 10.2. The molecule has 0 aliphatic carbocycles. The van der Waals surface area contributed by atoms with E-state index in [0.717, 1.165) is 37.6 Å². The van der Waals surface area contributed by atoms with Crippen LogP contribution in [0.15, 0.2) is 24.3 Å². The van der Waals surface area contributed by atoms with Crippen molar-refractivity contribution < 1.29 is 0 Å². The van der Waals surface area contributed by atoms with Gasteiger partial charge in [0, 0.05) is 19.6 Å². The third-order valence-corrected chi connectivity index (χ3v) is 2.45. The Labute approximate surface area is 90.0 Å². The summed E-state index contributed by atoms with van der Waals surface area (Å²) in [6.45, 7) is 2.75. The van der Waals surface area contributed by atoms with E-state index in [-0.39, 0.29) is 0 Å². The Morgan fingerprint density at radius 1 is 1.33 bits per heavy atom. The molecule has 0 atom stereocenters. The van der Waals surface area contributed by atoms with Gasteiger partial charge in [-0.15, -0.1) is 5.10 Å². The molecule has 0 saturated heterocycles. The monoisotopic (exact) mass is 204 g/mol. The van der Waals surface area contributed by atoms with Crippen molar-refractivity contribution in [2.75, 3.05) is 25.0 Å². The summed E-state index contributed by atoms with van der Waals surface area (Å²) in [6.07, 6.45) is 5.48. The van der Waals surface area contributed by atoms with Crippen LogP contribution in [-0.2, 0) is 6.54 Å². The lowest BCUT2D eigenvalue weighted by Gasteiger charge is -2.23. The molecule has 0 spiro atoms. The minimum absolute atomic E-state index is 0.771. The molecule has 15 heavy (non-hydrogen) atoms. The van der Waals surface area contributed by atoms with E-state index in [4.69, 9.17) is 0 Å². The van der Waals surface area contributed by atoms with Crippen molar-refractivity contribution in [3.63, 3.8) is 0 Å². The number of hydrogen-bond acceptors (Lipinski definition) is 4. The second kappa shape index (κ2) is 4.89. The Balaban J connectivity index is 2.05. The van der Waals surface area contributed by atoms with E-state index in [1.54, 1.807) is 0 Å². The van der Waals surface area contributed by atoms with Crippen molar-refractivity contribution in [2.24, 2.45) is 0 Å². The van der Waals surface area contributed by atoms with Gasteiger partial charge in [0.2, 0.25) is 0 Å². The van der Waals surface area contributed by atoms with Crippen LogP contribution in [0.1, 0.15) is 12.1 Å². The van der Waals surface area contributed by atoms with Gasteiger partial charge in [0.05, 0.1) is 5.69 Å². The predicted molar refractivity (Wildman–Crippen MR) is 60.8 cm³/mol. The van der Waals surface area contributed by atoms with Crippen LogP contribution in [0.2, 0.25) is 0 Å². The van der Waals surface area contributed by atoms with Gasteiger partial charge in [0.15, 0.2) is 5.82 Å².